The predicted molar refractivity (Wildman–Crippen MR) is 83.5 cm³/mol. The maximum Gasteiger partial charge on any atom is 0.253 e. The van der Waals surface area contributed by atoms with Crippen LogP contribution in [0.2, 0.25) is 0 Å². The van der Waals surface area contributed by atoms with Gasteiger partial charge in [0.1, 0.15) is 5.78 Å². The van der Waals surface area contributed by atoms with E-state index in [-0.39, 0.29) is 23.5 Å². The summed E-state index contributed by atoms with van der Waals surface area (Å²) >= 11 is 0. The second-order valence-corrected chi connectivity index (χ2v) is 5.39. The molecule has 0 atom stereocenters. The Morgan fingerprint density at radius 1 is 1.04 bits per heavy atom. The maximum absolute atomic E-state index is 11.6. The minimum absolute atomic E-state index is 0.0461. The van der Waals surface area contributed by atoms with Crippen LogP contribution in [0.5, 0.6) is 0 Å². The molecule has 1 aliphatic heterocycles. The molecule has 7 heteroatoms. The third-order valence-corrected chi connectivity index (χ3v) is 3.35. The second-order valence-electron chi connectivity index (χ2n) is 5.39. The Labute approximate surface area is 136 Å². The summed E-state index contributed by atoms with van der Waals surface area (Å²) in [7, 11) is 0. The molecule has 1 N–H and O–H groups in total. The predicted octanol–water partition coefficient (Wildman–Crippen LogP) is 0.584. The van der Waals surface area contributed by atoms with Crippen LogP contribution < -0.4 is 5.32 Å². The van der Waals surface area contributed by atoms with E-state index < -0.39 is 0 Å². The molecule has 0 aromatic rings. The van der Waals surface area contributed by atoms with Crippen molar-refractivity contribution in [3.8, 4) is 0 Å². The van der Waals surface area contributed by atoms with Gasteiger partial charge in [-0.3, -0.25) is 24.1 Å². The van der Waals surface area contributed by atoms with Crippen molar-refractivity contribution < 1.29 is 23.9 Å². The smallest absolute Gasteiger partial charge is 0.253 e. The highest BCUT2D eigenvalue weighted by molar-refractivity contribution is 6.12. The first-order valence-electron chi connectivity index (χ1n) is 7.88. The van der Waals surface area contributed by atoms with Crippen LogP contribution in [0.1, 0.15) is 39.0 Å². The summed E-state index contributed by atoms with van der Waals surface area (Å²) in [6.07, 6.45) is 5.53. The number of nitrogens with zero attached hydrogens (tertiary/aromatic N) is 1. The fourth-order valence-electron chi connectivity index (χ4n) is 2.05. The number of carbonyl (C=O) groups excluding carboxylic acids is 4. The lowest BCUT2D eigenvalue weighted by Crippen LogP contribution is -2.31. The molecule has 128 valence electrons. The van der Waals surface area contributed by atoms with Gasteiger partial charge >= 0.3 is 0 Å². The number of nitrogens with one attached hydrogen (secondary N) is 1. The molecule has 0 fully saturated rings. The minimum Gasteiger partial charge on any atom is -0.379 e. The Morgan fingerprint density at radius 2 is 1.74 bits per heavy atom. The van der Waals surface area contributed by atoms with Gasteiger partial charge in [0.05, 0.1) is 13.2 Å². The van der Waals surface area contributed by atoms with Gasteiger partial charge in [0.15, 0.2) is 0 Å². The molecule has 1 heterocycles. The number of unbranched alkanes of at least 4 members (excludes halogenated alkanes) is 2. The lowest BCUT2D eigenvalue weighted by Gasteiger charge is -2.13. The van der Waals surface area contributed by atoms with Gasteiger partial charge < -0.3 is 10.1 Å². The molecule has 0 unspecified atom stereocenters. The number of hydrogen-bond donors (Lipinski definition) is 1. The average molecular weight is 324 g/mol. The fourth-order valence-corrected chi connectivity index (χ4v) is 2.05. The number of carbonyl (C=O) groups is 4. The Balaban J connectivity index is 1.93. The normalized spacial score (nSPS) is 13.7. The van der Waals surface area contributed by atoms with Crippen LogP contribution in [0.25, 0.3) is 0 Å². The standard InChI is InChI=1S/C16H24N2O5/c1-13(19)8-11-23-12-9-17-14(20)5-3-2-4-10-18-15(21)6-7-16(18)22/h6-7H,2-5,8-12H2,1H3,(H,17,20). The van der Waals surface area contributed by atoms with E-state index in [1.54, 1.807) is 0 Å². The van der Waals surface area contributed by atoms with Crippen molar-refractivity contribution in [2.75, 3.05) is 26.3 Å². The summed E-state index contributed by atoms with van der Waals surface area (Å²) in [6, 6.07) is 0. The lowest BCUT2D eigenvalue weighted by molar-refractivity contribution is -0.137. The fraction of sp³-hybridized carbons (Fsp3) is 0.625. The molecule has 0 radical (unpaired) electrons. The summed E-state index contributed by atoms with van der Waals surface area (Å²) in [5.74, 6) is -0.493. The van der Waals surface area contributed by atoms with Gasteiger partial charge in [-0.05, 0) is 19.8 Å². The third-order valence-electron chi connectivity index (χ3n) is 3.35. The van der Waals surface area contributed by atoms with E-state index in [2.05, 4.69) is 5.32 Å². The average Bonchev–Trinajstić information content (AvgIpc) is 2.81. The van der Waals surface area contributed by atoms with Gasteiger partial charge in [-0.1, -0.05) is 6.42 Å². The van der Waals surface area contributed by atoms with Gasteiger partial charge in [-0.25, -0.2) is 0 Å². The zero-order valence-corrected chi connectivity index (χ0v) is 13.5. The van der Waals surface area contributed by atoms with Crippen molar-refractivity contribution in [3.63, 3.8) is 0 Å². The molecule has 0 aromatic carbocycles. The quantitative estimate of drug-likeness (QED) is 0.419. The third kappa shape index (κ3) is 8.25. The molecular formula is C16H24N2O5. The van der Waals surface area contributed by atoms with Gasteiger partial charge in [0.25, 0.3) is 11.8 Å². The van der Waals surface area contributed by atoms with Crippen LogP contribution in [0, 0.1) is 0 Å². The molecule has 3 amide bonds. The molecule has 0 saturated carbocycles. The zero-order chi connectivity index (χ0) is 17.1. The molecule has 0 saturated heterocycles. The van der Waals surface area contributed by atoms with Crippen LogP contribution in [-0.4, -0.2) is 54.7 Å². The van der Waals surface area contributed by atoms with E-state index in [0.29, 0.717) is 52.0 Å². The van der Waals surface area contributed by atoms with Crippen molar-refractivity contribution in [1.29, 1.82) is 0 Å². The monoisotopic (exact) mass is 324 g/mol. The lowest BCUT2D eigenvalue weighted by atomic mass is 10.2. The van der Waals surface area contributed by atoms with Crippen LogP contribution in [-0.2, 0) is 23.9 Å². The van der Waals surface area contributed by atoms with Crippen molar-refractivity contribution >= 4 is 23.5 Å². The number of amides is 3. The maximum atomic E-state index is 11.6. The van der Waals surface area contributed by atoms with E-state index in [0.717, 1.165) is 6.42 Å². The minimum atomic E-state index is -0.266. The number of Topliss-reactive ketones (excluding diaryl/α,β-unsaturated/α-hetero) is 1. The summed E-state index contributed by atoms with van der Waals surface area (Å²) < 4.78 is 5.20. The Morgan fingerprint density at radius 3 is 2.39 bits per heavy atom. The summed E-state index contributed by atoms with van der Waals surface area (Å²) in [5.41, 5.74) is 0. The van der Waals surface area contributed by atoms with Crippen LogP contribution >= 0.6 is 0 Å². The highest BCUT2D eigenvalue weighted by Crippen LogP contribution is 2.07. The molecular weight excluding hydrogens is 300 g/mol. The topological polar surface area (TPSA) is 92.8 Å². The molecule has 0 aromatic heterocycles. The van der Waals surface area contributed by atoms with Crippen molar-refractivity contribution in [1.82, 2.24) is 10.2 Å². The van der Waals surface area contributed by atoms with Gasteiger partial charge in [-0.2, -0.15) is 0 Å². The number of imide groups is 1. The first-order chi connectivity index (χ1) is 11.0. The summed E-state index contributed by atoms with van der Waals surface area (Å²) in [4.78, 5) is 46.1. The number of ketones is 1. The van der Waals surface area contributed by atoms with Crippen LogP contribution in [0.3, 0.4) is 0 Å². The van der Waals surface area contributed by atoms with Gasteiger partial charge in [0.2, 0.25) is 5.91 Å². The molecule has 0 spiro atoms. The van der Waals surface area contributed by atoms with Crippen LogP contribution in [0.15, 0.2) is 12.2 Å². The largest absolute Gasteiger partial charge is 0.379 e. The molecule has 23 heavy (non-hydrogen) atoms. The summed E-state index contributed by atoms with van der Waals surface area (Å²) in [6.45, 7) is 3.12. The van der Waals surface area contributed by atoms with Gasteiger partial charge in [-0.15, -0.1) is 0 Å². The summed E-state index contributed by atoms with van der Waals surface area (Å²) in [5, 5.41) is 2.74. The molecule has 0 bridgehead atoms. The van der Waals surface area contributed by atoms with Crippen LogP contribution in [0.4, 0.5) is 0 Å². The Kier molecular flexibility index (Phi) is 8.82. The van der Waals surface area contributed by atoms with E-state index in [1.165, 1.54) is 24.0 Å². The van der Waals surface area contributed by atoms with E-state index >= 15 is 0 Å². The Bertz CT molecular complexity index is 455. The van der Waals surface area contributed by atoms with Crippen molar-refractivity contribution in [2.45, 2.75) is 39.0 Å². The SMILES string of the molecule is CC(=O)CCOCCNC(=O)CCCCCN1C(=O)C=CC1=O. The van der Waals surface area contributed by atoms with E-state index in [4.69, 9.17) is 4.74 Å². The molecule has 1 rings (SSSR count). The molecule has 7 nitrogen and oxygen atoms in total. The number of ether oxygens (including phenoxy) is 1. The van der Waals surface area contributed by atoms with E-state index in [9.17, 15) is 19.2 Å². The first-order valence-corrected chi connectivity index (χ1v) is 7.88. The van der Waals surface area contributed by atoms with Gasteiger partial charge in [0, 0.05) is 38.1 Å². The van der Waals surface area contributed by atoms with Crippen molar-refractivity contribution in [3.05, 3.63) is 12.2 Å². The zero-order valence-electron chi connectivity index (χ0n) is 13.5. The molecule has 1 aliphatic rings. The Hall–Kier alpha value is -2.02. The first kappa shape index (κ1) is 19.0. The number of hydrogen-bond acceptors (Lipinski definition) is 5. The highest BCUT2D eigenvalue weighted by atomic mass is 16.5. The van der Waals surface area contributed by atoms with E-state index in [1.807, 2.05) is 0 Å². The molecule has 0 aliphatic carbocycles. The second kappa shape index (κ2) is 10.7. The highest BCUT2D eigenvalue weighted by Gasteiger charge is 2.22. The van der Waals surface area contributed by atoms with Crippen molar-refractivity contribution in [2.24, 2.45) is 0 Å². The number of rotatable bonds is 12.